The van der Waals surface area contributed by atoms with Gasteiger partial charge in [-0.1, -0.05) is 30.3 Å². The Balaban J connectivity index is 1.38. The molecule has 8 nitrogen and oxygen atoms in total. The Kier molecular flexibility index (Phi) is 6.40. The van der Waals surface area contributed by atoms with Crippen LogP contribution < -0.4 is 10.1 Å². The number of nitrogens with zero attached hydrogens (tertiary/aromatic N) is 6. The molecule has 0 bridgehead atoms. The zero-order chi connectivity index (χ0) is 23.5. The highest BCUT2D eigenvalue weighted by Crippen LogP contribution is 2.28. The van der Waals surface area contributed by atoms with Gasteiger partial charge in [0.1, 0.15) is 5.52 Å². The largest absolute Gasteiger partial charge is 0.481 e. The molecule has 0 unspecified atom stereocenters. The molecule has 4 aromatic rings. The average Bonchev–Trinajstić information content (AvgIpc) is 3.31. The van der Waals surface area contributed by atoms with Gasteiger partial charge in [0.25, 0.3) is 0 Å². The number of imidazole rings is 1. The van der Waals surface area contributed by atoms with Crippen molar-refractivity contribution in [1.82, 2.24) is 29.4 Å². The molecule has 1 saturated heterocycles. The normalized spacial score (nSPS) is 15.2. The van der Waals surface area contributed by atoms with Crippen molar-refractivity contribution in [2.45, 2.75) is 45.3 Å². The number of benzene rings is 1. The number of hydrogen-bond acceptors (Lipinski definition) is 7. The molecule has 34 heavy (non-hydrogen) atoms. The highest BCUT2D eigenvalue weighted by Gasteiger charge is 2.22. The maximum atomic E-state index is 5.20. The summed E-state index contributed by atoms with van der Waals surface area (Å²) in [5, 5.41) is 3.69. The molecule has 1 N–H and O–H groups in total. The lowest BCUT2D eigenvalue weighted by Gasteiger charge is -2.32. The number of rotatable bonds is 7. The summed E-state index contributed by atoms with van der Waals surface area (Å²) in [6, 6.07) is 15.0. The van der Waals surface area contributed by atoms with Gasteiger partial charge in [0.15, 0.2) is 17.3 Å². The average molecular weight is 458 g/mol. The number of methoxy groups -OCH3 is 1. The van der Waals surface area contributed by atoms with E-state index in [-0.39, 0.29) is 6.04 Å². The van der Waals surface area contributed by atoms with E-state index in [1.165, 1.54) is 5.56 Å². The highest BCUT2D eigenvalue weighted by atomic mass is 16.5. The Morgan fingerprint density at radius 1 is 1.03 bits per heavy atom. The number of aromatic nitrogens is 5. The molecule has 1 aliphatic rings. The van der Waals surface area contributed by atoms with Crippen LogP contribution in [-0.2, 0) is 6.54 Å². The fraction of sp³-hybridized carbons (Fsp3) is 0.385. The van der Waals surface area contributed by atoms with Crippen LogP contribution in [0.4, 0.5) is 5.82 Å². The van der Waals surface area contributed by atoms with E-state index in [0.29, 0.717) is 17.7 Å². The summed E-state index contributed by atoms with van der Waals surface area (Å²) in [5.74, 6) is 1.99. The lowest BCUT2D eigenvalue weighted by atomic mass is 10.0. The van der Waals surface area contributed by atoms with Crippen LogP contribution in [0.3, 0.4) is 0 Å². The van der Waals surface area contributed by atoms with Gasteiger partial charge in [0.2, 0.25) is 5.88 Å². The smallest absolute Gasteiger partial charge is 0.212 e. The summed E-state index contributed by atoms with van der Waals surface area (Å²) in [7, 11) is 1.61. The number of fused-ring (bicyclic) bond motifs is 1. The van der Waals surface area contributed by atoms with Crippen LogP contribution in [0.5, 0.6) is 5.88 Å². The fourth-order valence-corrected chi connectivity index (χ4v) is 4.43. The van der Waals surface area contributed by atoms with Crippen LogP contribution in [0.1, 0.15) is 38.3 Å². The number of hydrogen-bond donors (Lipinski definition) is 1. The summed E-state index contributed by atoms with van der Waals surface area (Å²) in [5.41, 5.74) is 3.86. The summed E-state index contributed by atoms with van der Waals surface area (Å²) in [4.78, 5) is 21.3. The first-order chi connectivity index (χ1) is 16.6. The Hall–Kier alpha value is -3.52. The van der Waals surface area contributed by atoms with Crippen molar-refractivity contribution in [3.8, 4) is 17.3 Å². The van der Waals surface area contributed by atoms with E-state index in [1.54, 1.807) is 13.3 Å². The fourth-order valence-electron chi connectivity index (χ4n) is 4.43. The van der Waals surface area contributed by atoms with Gasteiger partial charge >= 0.3 is 0 Å². The molecule has 4 heterocycles. The van der Waals surface area contributed by atoms with Crippen molar-refractivity contribution in [2.24, 2.45) is 0 Å². The second-order valence-electron chi connectivity index (χ2n) is 9.08. The van der Waals surface area contributed by atoms with Crippen LogP contribution in [0, 0.1) is 0 Å². The number of nitrogens with one attached hydrogen (secondary N) is 1. The van der Waals surface area contributed by atoms with Gasteiger partial charge in [-0.3, -0.25) is 4.90 Å². The van der Waals surface area contributed by atoms with Crippen molar-refractivity contribution in [3.05, 3.63) is 60.6 Å². The summed E-state index contributed by atoms with van der Waals surface area (Å²) >= 11 is 0. The zero-order valence-corrected chi connectivity index (χ0v) is 20.0. The lowest BCUT2D eigenvalue weighted by Crippen LogP contribution is -2.38. The number of anilines is 1. The third-order valence-corrected chi connectivity index (χ3v) is 6.36. The molecular formula is C26H31N7O. The third kappa shape index (κ3) is 4.72. The molecule has 1 aromatic carbocycles. The zero-order valence-electron chi connectivity index (χ0n) is 20.0. The van der Waals surface area contributed by atoms with E-state index >= 15 is 0 Å². The predicted molar refractivity (Wildman–Crippen MR) is 134 cm³/mol. The minimum absolute atomic E-state index is 0.246. The molecule has 0 spiro atoms. The monoisotopic (exact) mass is 457 g/mol. The van der Waals surface area contributed by atoms with E-state index < -0.39 is 0 Å². The molecule has 0 aliphatic carbocycles. The van der Waals surface area contributed by atoms with Crippen LogP contribution >= 0.6 is 0 Å². The molecule has 3 aromatic heterocycles. The third-order valence-electron chi connectivity index (χ3n) is 6.36. The summed E-state index contributed by atoms with van der Waals surface area (Å²) < 4.78 is 7.29. The molecule has 0 radical (unpaired) electrons. The Morgan fingerprint density at radius 2 is 1.82 bits per heavy atom. The minimum Gasteiger partial charge on any atom is -0.481 e. The van der Waals surface area contributed by atoms with E-state index in [4.69, 9.17) is 14.7 Å². The van der Waals surface area contributed by atoms with Crippen LogP contribution in [0.25, 0.3) is 22.6 Å². The second-order valence-corrected chi connectivity index (χ2v) is 9.08. The topological polar surface area (TPSA) is 81.0 Å². The molecule has 1 aliphatic heterocycles. The first-order valence-corrected chi connectivity index (χ1v) is 11.9. The Bertz CT molecular complexity index is 1230. The number of likely N-dealkylation sites (tertiary alicyclic amines) is 1. The van der Waals surface area contributed by atoms with Gasteiger partial charge in [0, 0.05) is 49.5 Å². The van der Waals surface area contributed by atoms with Gasteiger partial charge in [0.05, 0.1) is 13.4 Å². The predicted octanol–water partition coefficient (Wildman–Crippen LogP) is 4.55. The first-order valence-electron chi connectivity index (χ1n) is 11.9. The van der Waals surface area contributed by atoms with Gasteiger partial charge < -0.3 is 14.6 Å². The van der Waals surface area contributed by atoms with E-state index in [1.807, 2.05) is 18.5 Å². The molecule has 8 heteroatoms. The van der Waals surface area contributed by atoms with Crippen molar-refractivity contribution < 1.29 is 4.74 Å². The standard InChI is InChI=1S/C26H31N7O/c1-18(2)33-17-28-23-25(30-24(31-26(23)33)20-9-10-22(34-3)27-15-20)29-21-11-13-32(14-12-21)16-19-7-5-4-6-8-19/h4-10,15,17-18,21H,11-14,16H2,1-3H3,(H,29,30,31). The number of piperidine rings is 1. The van der Waals surface area contributed by atoms with Crippen LogP contribution in [-0.4, -0.2) is 55.6 Å². The van der Waals surface area contributed by atoms with Gasteiger partial charge in [-0.2, -0.15) is 0 Å². The van der Waals surface area contributed by atoms with Crippen molar-refractivity contribution in [1.29, 1.82) is 0 Å². The molecule has 5 rings (SSSR count). The van der Waals surface area contributed by atoms with E-state index in [0.717, 1.165) is 55.0 Å². The first kappa shape index (κ1) is 22.3. The van der Waals surface area contributed by atoms with Crippen LogP contribution in [0.15, 0.2) is 55.0 Å². The van der Waals surface area contributed by atoms with Gasteiger partial charge in [-0.25, -0.2) is 19.9 Å². The maximum absolute atomic E-state index is 5.20. The molecule has 1 fully saturated rings. The van der Waals surface area contributed by atoms with Gasteiger partial charge in [-0.05, 0) is 38.3 Å². The van der Waals surface area contributed by atoms with E-state index in [9.17, 15) is 0 Å². The minimum atomic E-state index is 0.246. The second kappa shape index (κ2) is 9.77. The maximum Gasteiger partial charge on any atom is 0.212 e. The SMILES string of the molecule is COc1ccc(-c2nc(NC3CCN(Cc4ccccc4)CC3)c3ncn(C(C)C)c3n2)cn1. The molecule has 0 saturated carbocycles. The number of ether oxygens (including phenoxy) is 1. The Morgan fingerprint density at radius 3 is 2.50 bits per heavy atom. The molecule has 0 amide bonds. The quantitative estimate of drug-likeness (QED) is 0.436. The number of pyridine rings is 1. The van der Waals surface area contributed by atoms with Crippen molar-refractivity contribution in [2.75, 3.05) is 25.5 Å². The molecule has 0 atom stereocenters. The summed E-state index contributed by atoms with van der Waals surface area (Å²) in [6.45, 7) is 7.37. The highest BCUT2D eigenvalue weighted by molar-refractivity contribution is 5.85. The summed E-state index contributed by atoms with van der Waals surface area (Å²) in [6.07, 6.45) is 5.72. The van der Waals surface area contributed by atoms with Gasteiger partial charge in [-0.15, -0.1) is 0 Å². The molecule has 176 valence electrons. The van der Waals surface area contributed by atoms with Crippen molar-refractivity contribution >= 4 is 17.0 Å². The van der Waals surface area contributed by atoms with Crippen molar-refractivity contribution in [3.63, 3.8) is 0 Å². The van der Waals surface area contributed by atoms with Crippen LogP contribution in [0.2, 0.25) is 0 Å². The lowest BCUT2D eigenvalue weighted by molar-refractivity contribution is 0.211. The molecular weight excluding hydrogens is 426 g/mol. The van der Waals surface area contributed by atoms with E-state index in [2.05, 4.69) is 68.9 Å². The Labute approximate surface area is 200 Å².